The van der Waals surface area contributed by atoms with Crippen molar-refractivity contribution in [3.8, 4) is 11.4 Å². The average molecular weight is 457 g/mol. The first-order valence-electron chi connectivity index (χ1n) is 9.45. The van der Waals surface area contributed by atoms with Crippen LogP contribution in [0.15, 0.2) is 53.7 Å². The van der Waals surface area contributed by atoms with Gasteiger partial charge in [-0.25, -0.2) is 14.7 Å². The number of anilines is 1. The second kappa shape index (κ2) is 8.91. The summed E-state index contributed by atoms with van der Waals surface area (Å²) in [7, 11) is 0. The van der Waals surface area contributed by atoms with Crippen LogP contribution in [0.4, 0.5) is 5.69 Å². The molecule has 0 bridgehead atoms. The van der Waals surface area contributed by atoms with Crippen molar-refractivity contribution in [1.82, 2.24) is 15.2 Å². The van der Waals surface area contributed by atoms with E-state index < -0.39 is 11.2 Å². The summed E-state index contributed by atoms with van der Waals surface area (Å²) in [5, 5.41) is 7.33. The summed E-state index contributed by atoms with van der Waals surface area (Å²) in [6, 6.07) is 13.3. The third-order valence-corrected chi connectivity index (χ3v) is 5.87. The van der Waals surface area contributed by atoms with E-state index in [1.54, 1.807) is 31.2 Å². The molecule has 158 valence electrons. The van der Waals surface area contributed by atoms with Crippen LogP contribution < -0.4 is 4.90 Å². The summed E-state index contributed by atoms with van der Waals surface area (Å²) in [5.74, 6) is -0.582. The highest BCUT2D eigenvalue weighted by Gasteiger charge is 2.40. The fourth-order valence-electron chi connectivity index (χ4n) is 3.09. The Hall–Kier alpha value is -3.17. The largest absolute Gasteiger partial charge is 0.462 e. The summed E-state index contributed by atoms with van der Waals surface area (Å²) in [6.07, 6.45) is 0.0357. The molecule has 31 heavy (non-hydrogen) atoms. The van der Waals surface area contributed by atoms with Crippen LogP contribution in [0, 0.1) is 0 Å². The number of benzene rings is 2. The summed E-state index contributed by atoms with van der Waals surface area (Å²) in [6.45, 7) is 1.99. The second-order valence-electron chi connectivity index (χ2n) is 6.62. The minimum Gasteiger partial charge on any atom is -0.462 e. The SMILES string of the molecule is CCOC(=O)c1ccc(N2C(=O)CC(Sc3n[nH]c(-c4ccc(Cl)cc4)n3)C2=O)cc1. The zero-order chi connectivity index (χ0) is 22.0. The molecule has 1 aliphatic heterocycles. The van der Waals surface area contributed by atoms with Gasteiger partial charge in [-0.15, -0.1) is 5.10 Å². The highest BCUT2D eigenvalue weighted by molar-refractivity contribution is 8.00. The number of carbonyl (C=O) groups excluding carboxylic acids is 3. The number of ether oxygens (including phenoxy) is 1. The molecule has 8 nitrogen and oxygen atoms in total. The summed E-state index contributed by atoms with van der Waals surface area (Å²) >= 11 is 7.03. The molecule has 1 saturated heterocycles. The van der Waals surface area contributed by atoms with Crippen LogP contribution in [0.5, 0.6) is 0 Å². The molecule has 1 N–H and O–H groups in total. The maximum absolute atomic E-state index is 12.9. The number of H-pyrrole nitrogens is 1. The number of hydrogen-bond donors (Lipinski definition) is 1. The number of aromatic amines is 1. The number of amides is 2. The van der Waals surface area contributed by atoms with Gasteiger partial charge in [0.05, 0.1) is 17.9 Å². The Kier molecular flexibility index (Phi) is 6.06. The predicted octanol–water partition coefficient (Wildman–Crippen LogP) is 3.73. The third kappa shape index (κ3) is 4.47. The van der Waals surface area contributed by atoms with Gasteiger partial charge < -0.3 is 4.74 Å². The molecule has 0 aliphatic carbocycles. The first-order chi connectivity index (χ1) is 15.0. The van der Waals surface area contributed by atoms with Crippen LogP contribution in [0.1, 0.15) is 23.7 Å². The van der Waals surface area contributed by atoms with Gasteiger partial charge in [-0.1, -0.05) is 23.4 Å². The molecule has 3 aromatic rings. The monoisotopic (exact) mass is 456 g/mol. The molecular formula is C21H17ClN4O4S. The lowest BCUT2D eigenvalue weighted by atomic mass is 10.2. The van der Waals surface area contributed by atoms with Crippen molar-refractivity contribution in [2.45, 2.75) is 23.8 Å². The van der Waals surface area contributed by atoms with Crippen molar-refractivity contribution in [2.75, 3.05) is 11.5 Å². The molecule has 1 fully saturated rings. The molecule has 2 aromatic carbocycles. The molecule has 2 heterocycles. The van der Waals surface area contributed by atoms with Crippen molar-refractivity contribution in [3.05, 3.63) is 59.1 Å². The molecule has 2 amide bonds. The number of nitrogens with one attached hydrogen (secondary N) is 1. The van der Waals surface area contributed by atoms with Crippen LogP contribution >= 0.6 is 23.4 Å². The molecule has 1 atom stereocenters. The lowest BCUT2D eigenvalue weighted by Crippen LogP contribution is -2.31. The lowest BCUT2D eigenvalue weighted by molar-refractivity contribution is -0.121. The molecule has 1 aromatic heterocycles. The van der Waals surface area contributed by atoms with E-state index >= 15 is 0 Å². The molecule has 0 radical (unpaired) electrons. The molecule has 4 rings (SSSR count). The van der Waals surface area contributed by atoms with E-state index in [4.69, 9.17) is 16.3 Å². The van der Waals surface area contributed by atoms with Crippen LogP contribution in [-0.4, -0.2) is 44.8 Å². The number of carbonyl (C=O) groups is 3. The van der Waals surface area contributed by atoms with Gasteiger partial charge in [-0.05, 0) is 55.5 Å². The predicted molar refractivity (Wildman–Crippen MR) is 116 cm³/mol. The van der Waals surface area contributed by atoms with Gasteiger partial charge >= 0.3 is 5.97 Å². The van der Waals surface area contributed by atoms with Crippen LogP contribution in [0.2, 0.25) is 5.02 Å². The number of imide groups is 1. The molecule has 0 spiro atoms. The van der Waals surface area contributed by atoms with Gasteiger partial charge in [-0.2, -0.15) is 0 Å². The van der Waals surface area contributed by atoms with Crippen LogP contribution in [0.25, 0.3) is 11.4 Å². The van der Waals surface area contributed by atoms with Gasteiger partial charge in [0.2, 0.25) is 17.0 Å². The second-order valence-corrected chi connectivity index (χ2v) is 8.23. The number of halogens is 1. The Labute approximate surface area is 186 Å². The Bertz CT molecular complexity index is 1130. The fourth-order valence-corrected chi connectivity index (χ4v) is 4.15. The van der Waals surface area contributed by atoms with Gasteiger partial charge in [0.15, 0.2) is 5.82 Å². The molecule has 1 unspecified atom stereocenters. The molecule has 0 saturated carbocycles. The Morgan fingerprint density at radius 3 is 2.58 bits per heavy atom. The van der Waals surface area contributed by atoms with E-state index in [9.17, 15) is 14.4 Å². The average Bonchev–Trinajstić information content (AvgIpc) is 3.33. The maximum Gasteiger partial charge on any atom is 0.338 e. The van der Waals surface area contributed by atoms with Crippen molar-refractivity contribution < 1.29 is 19.1 Å². The lowest BCUT2D eigenvalue weighted by Gasteiger charge is -2.15. The van der Waals surface area contributed by atoms with E-state index in [0.29, 0.717) is 27.3 Å². The first kappa shape index (κ1) is 21.1. The Morgan fingerprint density at radius 1 is 1.19 bits per heavy atom. The fraction of sp³-hybridized carbons (Fsp3) is 0.190. The topological polar surface area (TPSA) is 105 Å². The number of esters is 1. The highest BCUT2D eigenvalue weighted by Crippen LogP contribution is 2.33. The van der Waals surface area contributed by atoms with Gasteiger partial charge in [0.1, 0.15) is 5.25 Å². The van der Waals surface area contributed by atoms with Crippen molar-refractivity contribution in [3.63, 3.8) is 0 Å². The number of nitrogens with zero attached hydrogens (tertiary/aromatic N) is 3. The quantitative estimate of drug-likeness (QED) is 0.445. The van der Waals surface area contributed by atoms with Crippen molar-refractivity contribution in [2.24, 2.45) is 0 Å². The Morgan fingerprint density at radius 2 is 1.90 bits per heavy atom. The minimum absolute atomic E-state index is 0.0357. The van der Waals surface area contributed by atoms with Gasteiger partial charge in [-0.3, -0.25) is 14.7 Å². The summed E-state index contributed by atoms with van der Waals surface area (Å²) < 4.78 is 4.95. The smallest absolute Gasteiger partial charge is 0.338 e. The summed E-state index contributed by atoms with van der Waals surface area (Å²) in [4.78, 5) is 42.7. The van der Waals surface area contributed by atoms with E-state index in [0.717, 1.165) is 22.2 Å². The number of hydrogen-bond acceptors (Lipinski definition) is 7. The van der Waals surface area contributed by atoms with Crippen LogP contribution in [0.3, 0.4) is 0 Å². The maximum atomic E-state index is 12.9. The van der Waals surface area contributed by atoms with E-state index in [1.165, 1.54) is 12.1 Å². The standard InChI is InChI=1S/C21H17ClN4O4S/c1-2-30-20(29)13-5-9-15(10-6-13)26-17(27)11-16(19(26)28)31-21-23-18(24-25-21)12-3-7-14(22)8-4-12/h3-10,16H,2,11H2,1H3,(H,23,24,25). The first-order valence-corrected chi connectivity index (χ1v) is 10.7. The zero-order valence-corrected chi connectivity index (χ0v) is 17.9. The number of rotatable bonds is 6. The third-order valence-electron chi connectivity index (χ3n) is 4.57. The molecule has 1 aliphatic rings. The number of aromatic nitrogens is 3. The van der Waals surface area contributed by atoms with E-state index in [1.807, 2.05) is 12.1 Å². The molecule has 10 heteroatoms. The molecular weight excluding hydrogens is 440 g/mol. The summed E-state index contributed by atoms with van der Waals surface area (Å²) in [5.41, 5.74) is 1.56. The number of thioether (sulfide) groups is 1. The van der Waals surface area contributed by atoms with Gasteiger partial charge in [0, 0.05) is 17.0 Å². The highest BCUT2D eigenvalue weighted by atomic mass is 35.5. The van der Waals surface area contributed by atoms with Crippen molar-refractivity contribution >= 4 is 46.8 Å². The van der Waals surface area contributed by atoms with Gasteiger partial charge in [0.25, 0.3) is 0 Å². The normalized spacial score (nSPS) is 16.1. The van der Waals surface area contributed by atoms with E-state index in [-0.39, 0.29) is 24.8 Å². The minimum atomic E-state index is -0.633. The van der Waals surface area contributed by atoms with Crippen molar-refractivity contribution in [1.29, 1.82) is 0 Å². The Balaban J connectivity index is 1.46. The van der Waals surface area contributed by atoms with E-state index in [2.05, 4.69) is 15.2 Å². The van der Waals surface area contributed by atoms with Crippen LogP contribution in [-0.2, 0) is 14.3 Å². The zero-order valence-electron chi connectivity index (χ0n) is 16.4.